The van der Waals surface area contributed by atoms with Gasteiger partial charge in [-0.3, -0.25) is 0 Å². The summed E-state index contributed by atoms with van der Waals surface area (Å²) in [6, 6.07) is 0. The van der Waals surface area contributed by atoms with Gasteiger partial charge in [0.05, 0.1) is 0 Å². The molecule has 0 aliphatic heterocycles. The summed E-state index contributed by atoms with van der Waals surface area (Å²) in [5.74, 6) is 2.15. The molecule has 0 rings (SSSR count). The Kier molecular flexibility index (Phi) is 12.2. The zero-order valence-corrected chi connectivity index (χ0v) is 14.2. The minimum absolute atomic E-state index is 0.944. The highest BCUT2D eigenvalue weighted by molar-refractivity contribution is 8.03. The molecule has 108 valence electrons. The third kappa shape index (κ3) is 10.1. The fraction of sp³-hybridized carbons (Fsp3) is 0.882. The number of allylic oxidation sites excluding steroid dienone is 2. The predicted octanol–water partition coefficient (Wildman–Crippen LogP) is 6.81. The summed E-state index contributed by atoms with van der Waals surface area (Å²) >= 11 is 2.00. The smallest absolute Gasteiger partial charge is 0.00518 e. The molecule has 0 fully saturated rings. The SMILES string of the molecule is CCCC(C)CCCCCCC(C)=C(C)SCC. The van der Waals surface area contributed by atoms with E-state index < -0.39 is 0 Å². The fourth-order valence-electron chi connectivity index (χ4n) is 2.39. The second-order valence-corrected chi connectivity index (χ2v) is 7.09. The Morgan fingerprint density at radius 2 is 1.61 bits per heavy atom. The molecule has 1 unspecified atom stereocenters. The van der Waals surface area contributed by atoms with E-state index in [1.165, 1.54) is 57.1 Å². The van der Waals surface area contributed by atoms with Crippen molar-refractivity contribution in [1.29, 1.82) is 0 Å². The average Bonchev–Trinajstić information content (AvgIpc) is 2.33. The second-order valence-electron chi connectivity index (χ2n) is 5.62. The van der Waals surface area contributed by atoms with Crippen LogP contribution in [-0.4, -0.2) is 5.75 Å². The average molecular weight is 271 g/mol. The molecule has 0 nitrogen and oxygen atoms in total. The van der Waals surface area contributed by atoms with Crippen LogP contribution in [0.5, 0.6) is 0 Å². The van der Waals surface area contributed by atoms with Crippen molar-refractivity contribution in [2.24, 2.45) is 5.92 Å². The van der Waals surface area contributed by atoms with Gasteiger partial charge in [0, 0.05) is 0 Å². The molecule has 0 aliphatic carbocycles. The maximum Gasteiger partial charge on any atom is -0.00518 e. The minimum atomic E-state index is 0.944. The van der Waals surface area contributed by atoms with Gasteiger partial charge in [0.1, 0.15) is 0 Å². The highest BCUT2D eigenvalue weighted by Crippen LogP contribution is 2.23. The Morgan fingerprint density at radius 1 is 0.944 bits per heavy atom. The van der Waals surface area contributed by atoms with E-state index in [1.807, 2.05) is 11.8 Å². The molecule has 0 aromatic heterocycles. The second kappa shape index (κ2) is 12.1. The van der Waals surface area contributed by atoms with Crippen molar-refractivity contribution in [2.45, 2.75) is 86.0 Å². The van der Waals surface area contributed by atoms with Crippen molar-refractivity contribution in [3.05, 3.63) is 10.5 Å². The summed E-state index contributed by atoms with van der Waals surface area (Å²) in [7, 11) is 0. The van der Waals surface area contributed by atoms with Crippen LogP contribution in [0.3, 0.4) is 0 Å². The van der Waals surface area contributed by atoms with Gasteiger partial charge in [-0.15, -0.1) is 11.8 Å². The third-order valence-corrected chi connectivity index (χ3v) is 4.81. The van der Waals surface area contributed by atoms with Crippen LogP contribution in [0.4, 0.5) is 0 Å². The monoisotopic (exact) mass is 270 g/mol. The minimum Gasteiger partial charge on any atom is -0.131 e. The maximum absolute atomic E-state index is 2.40. The quantitative estimate of drug-likeness (QED) is 0.372. The van der Waals surface area contributed by atoms with E-state index in [9.17, 15) is 0 Å². The van der Waals surface area contributed by atoms with Gasteiger partial charge in [-0.25, -0.2) is 0 Å². The van der Waals surface area contributed by atoms with Crippen LogP contribution in [-0.2, 0) is 0 Å². The summed E-state index contributed by atoms with van der Waals surface area (Å²) in [5.41, 5.74) is 1.61. The van der Waals surface area contributed by atoms with Gasteiger partial charge in [-0.1, -0.05) is 64.9 Å². The van der Waals surface area contributed by atoms with Crippen LogP contribution in [0, 0.1) is 5.92 Å². The molecule has 18 heavy (non-hydrogen) atoms. The van der Waals surface area contributed by atoms with E-state index in [0.29, 0.717) is 0 Å². The highest BCUT2D eigenvalue weighted by atomic mass is 32.2. The van der Waals surface area contributed by atoms with E-state index in [0.717, 1.165) is 5.92 Å². The molecule has 0 aromatic carbocycles. The molecular weight excluding hydrogens is 236 g/mol. The predicted molar refractivity (Wildman–Crippen MR) is 88.3 cm³/mol. The van der Waals surface area contributed by atoms with Gasteiger partial charge >= 0.3 is 0 Å². The molecule has 0 N–H and O–H groups in total. The molecule has 0 spiro atoms. The lowest BCUT2D eigenvalue weighted by molar-refractivity contribution is 0.453. The largest absolute Gasteiger partial charge is 0.131 e. The van der Waals surface area contributed by atoms with E-state index in [-0.39, 0.29) is 0 Å². The van der Waals surface area contributed by atoms with Gasteiger partial charge in [0.25, 0.3) is 0 Å². The zero-order chi connectivity index (χ0) is 13.8. The Balaban J connectivity index is 3.48. The van der Waals surface area contributed by atoms with Crippen molar-refractivity contribution < 1.29 is 0 Å². The first kappa shape index (κ1) is 18.1. The third-order valence-electron chi connectivity index (χ3n) is 3.74. The zero-order valence-electron chi connectivity index (χ0n) is 13.3. The molecule has 1 heteroatoms. The van der Waals surface area contributed by atoms with Crippen molar-refractivity contribution >= 4 is 11.8 Å². The van der Waals surface area contributed by atoms with E-state index in [1.54, 1.807) is 10.5 Å². The molecule has 0 radical (unpaired) electrons. The molecule has 1 atom stereocenters. The van der Waals surface area contributed by atoms with Crippen LogP contribution >= 0.6 is 11.8 Å². The number of hydrogen-bond donors (Lipinski definition) is 0. The maximum atomic E-state index is 2.40. The molecule has 0 amide bonds. The van der Waals surface area contributed by atoms with Crippen LogP contribution < -0.4 is 0 Å². The van der Waals surface area contributed by atoms with Gasteiger partial charge in [0.15, 0.2) is 0 Å². The van der Waals surface area contributed by atoms with Crippen LogP contribution in [0.1, 0.15) is 86.0 Å². The van der Waals surface area contributed by atoms with Crippen LogP contribution in [0.2, 0.25) is 0 Å². The van der Waals surface area contributed by atoms with Gasteiger partial charge < -0.3 is 0 Å². The Bertz CT molecular complexity index is 218. The summed E-state index contributed by atoms with van der Waals surface area (Å²) in [5, 5.41) is 0. The van der Waals surface area contributed by atoms with Crippen molar-refractivity contribution in [1.82, 2.24) is 0 Å². The molecule has 0 bridgehead atoms. The van der Waals surface area contributed by atoms with Gasteiger partial charge in [0.2, 0.25) is 0 Å². The summed E-state index contributed by atoms with van der Waals surface area (Å²) in [4.78, 5) is 1.55. The first-order valence-electron chi connectivity index (χ1n) is 7.90. The lowest BCUT2D eigenvalue weighted by atomic mass is 9.98. The first-order chi connectivity index (χ1) is 8.61. The molecule has 0 aliphatic rings. The highest BCUT2D eigenvalue weighted by Gasteiger charge is 2.01. The Labute approximate surface area is 120 Å². The van der Waals surface area contributed by atoms with Crippen LogP contribution in [0.15, 0.2) is 10.5 Å². The standard InChI is InChI=1S/C17H34S/c1-6-12-15(3)13-10-8-9-11-14-16(4)17(5)18-7-2/h15H,6-14H2,1-5H3. The molecule has 0 saturated carbocycles. The molecule has 0 heterocycles. The number of rotatable bonds is 11. The van der Waals surface area contributed by atoms with Crippen molar-refractivity contribution in [2.75, 3.05) is 5.75 Å². The molecule has 0 saturated heterocycles. The Morgan fingerprint density at radius 3 is 2.22 bits per heavy atom. The van der Waals surface area contributed by atoms with E-state index >= 15 is 0 Å². The molecule has 0 aromatic rings. The summed E-state index contributed by atoms with van der Waals surface area (Å²) in [6.07, 6.45) is 11.2. The van der Waals surface area contributed by atoms with Gasteiger partial charge in [-0.2, -0.15) is 0 Å². The van der Waals surface area contributed by atoms with Gasteiger partial charge in [-0.05, 0) is 43.3 Å². The lowest BCUT2D eigenvalue weighted by Gasteiger charge is -2.09. The normalized spacial score (nSPS) is 14.5. The van der Waals surface area contributed by atoms with E-state index in [4.69, 9.17) is 0 Å². The van der Waals surface area contributed by atoms with Crippen molar-refractivity contribution in [3.8, 4) is 0 Å². The summed E-state index contributed by atoms with van der Waals surface area (Å²) in [6.45, 7) is 11.5. The molecular formula is C17H34S. The number of thioether (sulfide) groups is 1. The number of hydrogen-bond acceptors (Lipinski definition) is 1. The number of unbranched alkanes of at least 4 members (excludes halogenated alkanes) is 3. The fourth-order valence-corrected chi connectivity index (χ4v) is 3.17. The summed E-state index contributed by atoms with van der Waals surface area (Å²) < 4.78 is 0. The van der Waals surface area contributed by atoms with Crippen molar-refractivity contribution in [3.63, 3.8) is 0 Å². The first-order valence-corrected chi connectivity index (χ1v) is 8.89. The van der Waals surface area contributed by atoms with E-state index in [2.05, 4.69) is 34.6 Å². The topological polar surface area (TPSA) is 0 Å². The Hall–Kier alpha value is 0.0900. The van der Waals surface area contributed by atoms with Crippen LogP contribution in [0.25, 0.3) is 0 Å². The lowest BCUT2D eigenvalue weighted by Crippen LogP contribution is -1.93.